The number of hydrogen-bond donors (Lipinski definition) is 1. The highest BCUT2D eigenvalue weighted by molar-refractivity contribution is 5.95. The summed E-state index contributed by atoms with van der Waals surface area (Å²) in [6, 6.07) is 16.4. The molecule has 6 heteroatoms. The van der Waals surface area contributed by atoms with Gasteiger partial charge in [0.05, 0.1) is 13.2 Å². The Kier molecular flexibility index (Phi) is 8.16. The summed E-state index contributed by atoms with van der Waals surface area (Å²) in [7, 11) is 0. The molecule has 0 aliphatic carbocycles. The van der Waals surface area contributed by atoms with Crippen molar-refractivity contribution in [2.24, 2.45) is 0 Å². The Bertz CT molecular complexity index is 732. The molecule has 0 bridgehead atoms. The van der Waals surface area contributed by atoms with E-state index in [4.69, 9.17) is 14.2 Å². The fraction of sp³-hybridized carbons (Fsp3) is 0.333. The summed E-state index contributed by atoms with van der Waals surface area (Å²) < 4.78 is 16.3. The Balaban J connectivity index is 1.69. The first kappa shape index (κ1) is 20.3. The van der Waals surface area contributed by atoms with Gasteiger partial charge >= 0.3 is 5.97 Å². The molecule has 0 heterocycles. The Morgan fingerprint density at radius 1 is 0.963 bits per heavy atom. The highest BCUT2D eigenvalue weighted by Gasteiger charge is 2.17. The standard InChI is InChI=1S/C21H25NO5/c1-3-25-18-12-7-8-13-19(18)26-15-9-14-20(23)27-16(2)21(24)22-17-10-5-4-6-11-17/h4-8,10-13,16H,3,9,14-15H2,1-2H3,(H,22,24)/t16-/m0/s1. The quantitative estimate of drug-likeness (QED) is 0.508. The van der Waals surface area contributed by atoms with Gasteiger partial charge in [-0.2, -0.15) is 0 Å². The second kappa shape index (κ2) is 10.9. The van der Waals surface area contributed by atoms with E-state index in [1.54, 1.807) is 19.1 Å². The van der Waals surface area contributed by atoms with Gasteiger partial charge < -0.3 is 19.5 Å². The maximum Gasteiger partial charge on any atom is 0.306 e. The highest BCUT2D eigenvalue weighted by Crippen LogP contribution is 2.26. The van der Waals surface area contributed by atoms with Crippen LogP contribution in [0.25, 0.3) is 0 Å². The van der Waals surface area contributed by atoms with Gasteiger partial charge in [-0.15, -0.1) is 0 Å². The molecular formula is C21H25NO5. The summed E-state index contributed by atoms with van der Waals surface area (Å²) in [5.74, 6) is 0.515. The van der Waals surface area contributed by atoms with Gasteiger partial charge in [0, 0.05) is 12.1 Å². The Morgan fingerprint density at radius 3 is 2.26 bits per heavy atom. The average Bonchev–Trinajstić information content (AvgIpc) is 2.67. The van der Waals surface area contributed by atoms with E-state index in [1.165, 1.54) is 0 Å². The molecule has 0 aromatic heterocycles. The van der Waals surface area contributed by atoms with Crippen LogP contribution in [0.3, 0.4) is 0 Å². The SMILES string of the molecule is CCOc1ccccc1OCCCC(=O)O[C@@H](C)C(=O)Nc1ccccc1. The number of para-hydroxylation sites is 3. The van der Waals surface area contributed by atoms with Crippen molar-refractivity contribution in [3.05, 3.63) is 54.6 Å². The van der Waals surface area contributed by atoms with Gasteiger partial charge in [-0.25, -0.2) is 0 Å². The highest BCUT2D eigenvalue weighted by atomic mass is 16.5. The summed E-state index contributed by atoms with van der Waals surface area (Å²) in [6.45, 7) is 4.35. The molecule has 0 aliphatic heterocycles. The maximum atomic E-state index is 12.0. The maximum absolute atomic E-state index is 12.0. The predicted octanol–water partition coefficient (Wildman–Crippen LogP) is 3.81. The number of benzene rings is 2. The van der Waals surface area contributed by atoms with E-state index in [-0.39, 0.29) is 12.3 Å². The Labute approximate surface area is 159 Å². The molecule has 0 saturated heterocycles. The van der Waals surface area contributed by atoms with Crippen LogP contribution in [0.15, 0.2) is 54.6 Å². The minimum atomic E-state index is -0.864. The van der Waals surface area contributed by atoms with Crippen LogP contribution < -0.4 is 14.8 Å². The van der Waals surface area contributed by atoms with E-state index in [0.717, 1.165) is 0 Å². The van der Waals surface area contributed by atoms with Crippen molar-refractivity contribution in [2.45, 2.75) is 32.8 Å². The second-order valence-corrected chi connectivity index (χ2v) is 5.82. The number of nitrogens with one attached hydrogen (secondary N) is 1. The molecule has 2 aromatic rings. The van der Waals surface area contributed by atoms with Gasteiger partial charge in [0.2, 0.25) is 0 Å². The van der Waals surface area contributed by atoms with E-state index in [0.29, 0.717) is 36.8 Å². The summed E-state index contributed by atoms with van der Waals surface area (Å²) in [5.41, 5.74) is 0.659. The first-order valence-corrected chi connectivity index (χ1v) is 9.00. The second-order valence-electron chi connectivity index (χ2n) is 5.82. The zero-order valence-electron chi connectivity index (χ0n) is 15.6. The van der Waals surface area contributed by atoms with Crippen molar-refractivity contribution >= 4 is 17.6 Å². The van der Waals surface area contributed by atoms with Crippen LogP contribution in [0.5, 0.6) is 11.5 Å². The van der Waals surface area contributed by atoms with E-state index in [1.807, 2.05) is 49.4 Å². The van der Waals surface area contributed by atoms with Crippen LogP contribution in [-0.4, -0.2) is 31.2 Å². The van der Waals surface area contributed by atoms with E-state index in [9.17, 15) is 9.59 Å². The van der Waals surface area contributed by atoms with Crippen molar-refractivity contribution in [1.29, 1.82) is 0 Å². The van der Waals surface area contributed by atoms with Crippen LogP contribution in [0.2, 0.25) is 0 Å². The third kappa shape index (κ3) is 7.01. The summed E-state index contributed by atoms with van der Waals surface area (Å²) in [5, 5.41) is 2.70. The van der Waals surface area contributed by atoms with Gasteiger partial charge in [0.1, 0.15) is 0 Å². The van der Waals surface area contributed by atoms with Crippen LogP contribution in [0, 0.1) is 0 Å². The number of rotatable bonds is 10. The number of esters is 1. The van der Waals surface area contributed by atoms with E-state index in [2.05, 4.69) is 5.32 Å². The predicted molar refractivity (Wildman–Crippen MR) is 103 cm³/mol. The molecular weight excluding hydrogens is 346 g/mol. The Morgan fingerprint density at radius 2 is 1.59 bits per heavy atom. The summed E-state index contributed by atoms with van der Waals surface area (Å²) in [6.07, 6.45) is -0.219. The van der Waals surface area contributed by atoms with Gasteiger partial charge in [0.25, 0.3) is 5.91 Å². The fourth-order valence-electron chi connectivity index (χ4n) is 2.32. The molecule has 0 spiro atoms. The third-order valence-electron chi connectivity index (χ3n) is 3.65. The topological polar surface area (TPSA) is 73.9 Å². The average molecular weight is 371 g/mol. The lowest BCUT2D eigenvalue weighted by Gasteiger charge is -2.14. The lowest BCUT2D eigenvalue weighted by Crippen LogP contribution is -2.30. The number of carbonyl (C=O) groups is 2. The molecule has 27 heavy (non-hydrogen) atoms. The molecule has 0 radical (unpaired) electrons. The molecule has 0 aliphatic rings. The fourth-order valence-corrected chi connectivity index (χ4v) is 2.32. The zero-order chi connectivity index (χ0) is 19.5. The number of hydrogen-bond acceptors (Lipinski definition) is 5. The monoisotopic (exact) mass is 371 g/mol. The molecule has 2 rings (SSSR count). The first-order chi connectivity index (χ1) is 13.1. The summed E-state index contributed by atoms with van der Waals surface area (Å²) in [4.78, 5) is 23.9. The molecule has 1 N–H and O–H groups in total. The lowest BCUT2D eigenvalue weighted by molar-refractivity contribution is -0.153. The van der Waals surface area contributed by atoms with Crippen molar-refractivity contribution in [3.8, 4) is 11.5 Å². The van der Waals surface area contributed by atoms with Crippen molar-refractivity contribution in [2.75, 3.05) is 18.5 Å². The smallest absolute Gasteiger partial charge is 0.306 e. The van der Waals surface area contributed by atoms with Crippen LogP contribution in [-0.2, 0) is 14.3 Å². The van der Waals surface area contributed by atoms with Crippen molar-refractivity contribution in [3.63, 3.8) is 0 Å². The first-order valence-electron chi connectivity index (χ1n) is 9.00. The normalized spacial score (nSPS) is 11.3. The zero-order valence-corrected chi connectivity index (χ0v) is 15.6. The molecule has 0 unspecified atom stereocenters. The molecule has 1 atom stereocenters. The molecule has 0 fully saturated rings. The van der Waals surface area contributed by atoms with Crippen molar-refractivity contribution < 1.29 is 23.8 Å². The van der Waals surface area contributed by atoms with E-state index >= 15 is 0 Å². The lowest BCUT2D eigenvalue weighted by atomic mass is 10.3. The van der Waals surface area contributed by atoms with Crippen molar-refractivity contribution in [1.82, 2.24) is 0 Å². The number of carbonyl (C=O) groups excluding carboxylic acids is 2. The Hall–Kier alpha value is -3.02. The molecule has 2 aromatic carbocycles. The largest absolute Gasteiger partial charge is 0.490 e. The number of ether oxygens (including phenoxy) is 3. The van der Waals surface area contributed by atoms with Gasteiger partial charge in [-0.3, -0.25) is 9.59 Å². The van der Waals surface area contributed by atoms with Crippen LogP contribution in [0.1, 0.15) is 26.7 Å². The minimum Gasteiger partial charge on any atom is -0.490 e. The summed E-state index contributed by atoms with van der Waals surface area (Å²) >= 11 is 0. The van der Waals surface area contributed by atoms with Gasteiger partial charge in [0.15, 0.2) is 17.6 Å². The molecule has 6 nitrogen and oxygen atoms in total. The molecule has 144 valence electrons. The van der Waals surface area contributed by atoms with Gasteiger partial charge in [-0.05, 0) is 44.5 Å². The van der Waals surface area contributed by atoms with Gasteiger partial charge in [-0.1, -0.05) is 30.3 Å². The van der Waals surface area contributed by atoms with Crippen LogP contribution in [0.4, 0.5) is 5.69 Å². The number of anilines is 1. The molecule has 0 saturated carbocycles. The van der Waals surface area contributed by atoms with Crippen LogP contribution >= 0.6 is 0 Å². The third-order valence-corrected chi connectivity index (χ3v) is 3.65. The van der Waals surface area contributed by atoms with E-state index < -0.39 is 12.1 Å². The minimum absolute atomic E-state index is 0.166. The number of amides is 1. The molecule has 1 amide bonds.